The van der Waals surface area contributed by atoms with Crippen LogP contribution in [0.3, 0.4) is 0 Å². The van der Waals surface area contributed by atoms with Crippen LogP contribution in [0.1, 0.15) is 23.2 Å². The fourth-order valence-electron chi connectivity index (χ4n) is 0.964. The fourth-order valence-corrected chi connectivity index (χ4v) is 1.33. The SMILES string of the molecule is O=C(CCC(F)(F)F)c1cncc(Br)c1. The van der Waals surface area contributed by atoms with Crippen LogP contribution in [0.5, 0.6) is 0 Å². The fraction of sp³-hybridized carbons (Fsp3) is 0.333. The molecule has 0 amide bonds. The van der Waals surface area contributed by atoms with Gasteiger partial charge in [0.2, 0.25) is 0 Å². The minimum Gasteiger partial charge on any atom is -0.294 e. The lowest BCUT2D eigenvalue weighted by molar-refractivity contribution is -0.133. The number of carbonyl (C=O) groups is 1. The van der Waals surface area contributed by atoms with E-state index in [1.807, 2.05) is 0 Å². The topological polar surface area (TPSA) is 30.0 Å². The van der Waals surface area contributed by atoms with Crippen molar-refractivity contribution in [3.63, 3.8) is 0 Å². The summed E-state index contributed by atoms with van der Waals surface area (Å²) < 4.78 is 36.1. The molecule has 0 bridgehead atoms. The van der Waals surface area contributed by atoms with Crippen LogP contribution in [0.4, 0.5) is 13.2 Å². The molecule has 1 aromatic heterocycles. The van der Waals surface area contributed by atoms with Crippen molar-refractivity contribution in [1.82, 2.24) is 4.98 Å². The highest BCUT2D eigenvalue weighted by molar-refractivity contribution is 9.10. The first kappa shape index (κ1) is 12.2. The summed E-state index contributed by atoms with van der Waals surface area (Å²) >= 11 is 3.08. The van der Waals surface area contributed by atoms with Gasteiger partial charge in [-0.1, -0.05) is 0 Å². The zero-order valence-corrected chi connectivity index (χ0v) is 9.10. The second-order valence-corrected chi connectivity index (χ2v) is 3.85. The lowest BCUT2D eigenvalue weighted by Gasteiger charge is -2.05. The van der Waals surface area contributed by atoms with Gasteiger partial charge < -0.3 is 0 Å². The van der Waals surface area contributed by atoms with Crippen molar-refractivity contribution >= 4 is 21.7 Å². The van der Waals surface area contributed by atoms with Crippen molar-refractivity contribution in [1.29, 1.82) is 0 Å². The first-order valence-corrected chi connectivity index (χ1v) is 4.88. The van der Waals surface area contributed by atoms with E-state index in [-0.39, 0.29) is 5.56 Å². The number of nitrogens with zero attached hydrogens (tertiary/aromatic N) is 1. The molecule has 0 aliphatic rings. The molecule has 0 aromatic carbocycles. The van der Waals surface area contributed by atoms with E-state index in [9.17, 15) is 18.0 Å². The van der Waals surface area contributed by atoms with Crippen molar-refractivity contribution in [3.8, 4) is 0 Å². The second kappa shape index (κ2) is 4.74. The summed E-state index contributed by atoms with van der Waals surface area (Å²) in [4.78, 5) is 15.0. The average Bonchev–Trinajstić information content (AvgIpc) is 2.13. The van der Waals surface area contributed by atoms with Crippen molar-refractivity contribution in [3.05, 3.63) is 28.5 Å². The van der Waals surface area contributed by atoms with Gasteiger partial charge in [-0.2, -0.15) is 13.2 Å². The third-order valence-electron chi connectivity index (χ3n) is 1.66. The van der Waals surface area contributed by atoms with Gasteiger partial charge in [0.15, 0.2) is 5.78 Å². The van der Waals surface area contributed by atoms with Crippen LogP contribution >= 0.6 is 15.9 Å². The molecule has 0 fully saturated rings. The van der Waals surface area contributed by atoms with Gasteiger partial charge in [-0.05, 0) is 22.0 Å². The summed E-state index contributed by atoms with van der Waals surface area (Å²) in [7, 11) is 0. The molecule has 0 aliphatic heterocycles. The highest BCUT2D eigenvalue weighted by Gasteiger charge is 2.28. The number of carbonyl (C=O) groups excluding carboxylic acids is 1. The number of halogens is 4. The average molecular weight is 282 g/mol. The smallest absolute Gasteiger partial charge is 0.294 e. The Morgan fingerprint density at radius 3 is 2.60 bits per heavy atom. The first-order valence-electron chi connectivity index (χ1n) is 4.09. The number of aromatic nitrogens is 1. The van der Waals surface area contributed by atoms with Crippen molar-refractivity contribution in [2.24, 2.45) is 0 Å². The molecule has 0 spiro atoms. The summed E-state index contributed by atoms with van der Waals surface area (Å²) in [6, 6.07) is 1.45. The molecule has 0 unspecified atom stereocenters. The Kier molecular flexibility index (Phi) is 3.84. The van der Waals surface area contributed by atoms with E-state index in [1.54, 1.807) is 0 Å². The molecule has 1 rings (SSSR count). The predicted molar refractivity (Wildman–Crippen MR) is 51.6 cm³/mol. The quantitative estimate of drug-likeness (QED) is 0.795. The van der Waals surface area contributed by atoms with Gasteiger partial charge in [0.05, 0.1) is 6.42 Å². The number of pyridine rings is 1. The number of ketones is 1. The Balaban J connectivity index is 2.62. The number of hydrogen-bond acceptors (Lipinski definition) is 2. The molecule has 0 N–H and O–H groups in total. The van der Waals surface area contributed by atoms with E-state index in [4.69, 9.17) is 0 Å². The minimum atomic E-state index is -4.30. The normalized spacial score (nSPS) is 11.5. The Labute approximate surface area is 92.6 Å². The van der Waals surface area contributed by atoms with Crippen LogP contribution in [-0.4, -0.2) is 16.9 Å². The lowest BCUT2D eigenvalue weighted by atomic mass is 10.1. The Bertz CT molecular complexity index is 365. The van der Waals surface area contributed by atoms with Crippen LogP contribution in [0, 0.1) is 0 Å². The molecule has 0 atom stereocenters. The van der Waals surface area contributed by atoms with Crippen LogP contribution in [0.15, 0.2) is 22.9 Å². The van der Waals surface area contributed by atoms with Gasteiger partial charge >= 0.3 is 6.18 Å². The number of hydrogen-bond donors (Lipinski definition) is 0. The molecule has 2 nitrogen and oxygen atoms in total. The van der Waals surface area contributed by atoms with Crippen LogP contribution in [-0.2, 0) is 0 Å². The first-order chi connectivity index (χ1) is 6.88. The van der Waals surface area contributed by atoms with Crippen LogP contribution in [0.2, 0.25) is 0 Å². The molecular formula is C9H7BrF3NO. The second-order valence-electron chi connectivity index (χ2n) is 2.93. The van der Waals surface area contributed by atoms with Gasteiger partial charge in [0.1, 0.15) is 0 Å². The van der Waals surface area contributed by atoms with E-state index < -0.39 is 24.8 Å². The van der Waals surface area contributed by atoms with Crippen molar-refractivity contribution in [2.75, 3.05) is 0 Å². The molecule has 0 saturated heterocycles. The molecule has 0 saturated carbocycles. The van der Waals surface area contributed by atoms with Gasteiger partial charge in [0, 0.05) is 28.9 Å². The predicted octanol–water partition coefficient (Wildman–Crippen LogP) is 3.37. The van der Waals surface area contributed by atoms with E-state index in [2.05, 4.69) is 20.9 Å². The maximum Gasteiger partial charge on any atom is 0.389 e. The maximum atomic E-state index is 11.8. The highest BCUT2D eigenvalue weighted by atomic mass is 79.9. The zero-order chi connectivity index (χ0) is 11.5. The van der Waals surface area contributed by atoms with E-state index in [0.717, 1.165) is 0 Å². The largest absolute Gasteiger partial charge is 0.389 e. The minimum absolute atomic E-state index is 0.189. The van der Waals surface area contributed by atoms with Crippen LogP contribution in [0.25, 0.3) is 0 Å². The molecule has 1 aromatic rings. The summed E-state index contributed by atoms with van der Waals surface area (Å²) in [6.07, 6.45) is -3.22. The Morgan fingerprint density at radius 1 is 1.40 bits per heavy atom. The van der Waals surface area contributed by atoms with E-state index >= 15 is 0 Å². The van der Waals surface area contributed by atoms with Crippen LogP contribution < -0.4 is 0 Å². The number of rotatable bonds is 3. The summed E-state index contributed by atoms with van der Waals surface area (Å²) in [5, 5.41) is 0. The number of Topliss-reactive ketones (excluding diaryl/α,β-unsaturated/α-hetero) is 1. The number of alkyl halides is 3. The van der Waals surface area contributed by atoms with Gasteiger partial charge in [-0.15, -0.1) is 0 Å². The molecule has 0 radical (unpaired) electrons. The standard InChI is InChI=1S/C9H7BrF3NO/c10-7-3-6(4-14-5-7)8(15)1-2-9(11,12)13/h3-5H,1-2H2. The molecular weight excluding hydrogens is 275 g/mol. The monoisotopic (exact) mass is 281 g/mol. The molecule has 0 aliphatic carbocycles. The third kappa shape index (κ3) is 4.42. The highest BCUT2D eigenvalue weighted by Crippen LogP contribution is 2.22. The third-order valence-corrected chi connectivity index (χ3v) is 2.10. The summed E-state index contributed by atoms with van der Waals surface area (Å²) in [5.74, 6) is -0.555. The van der Waals surface area contributed by atoms with Gasteiger partial charge in [-0.3, -0.25) is 9.78 Å². The van der Waals surface area contributed by atoms with Crippen molar-refractivity contribution < 1.29 is 18.0 Å². The van der Waals surface area contributed by atoms with E-state index in [1.165, 1.54) is 18.5 Å². The lowest BCUT2D eigenvalue weighted by Crippen LogP contribution is -2.11. The summed E-state index contributed by atoms with van der Waals surface area (Å²) in [5.41, 5.74) is 0.189. The van der Waals surface area contributed by atoms with Crippen molar-refractivity contribution in [2.45, 2.75) is 19.0 Å². The van der Waals surface area contributed by atoms with E-state index in [0.29, 0.717) is 4.47 Å². The zero-order valence-electron chi connectivity index (χ0n) is 7.51. The van der Waals surface area contributed by atoms with Gasteiger partial charge in [-0.25, -0.2) is 0 Å². The molecule has 82 valence electrons. The molecule has 6 heteroatoms. The maximum absolute atomic E-state index is 11.8. The summed E-state index contributed by atoms with van der Waals surface area (Å²) in [6.45, 7) is 0. The Hall–Kier alpha value is -0.910. The van der Waals surface area contributed by atoms with Gasteiger partial charge in [0.25, 0.3) is 0 Å². The molecule has 15 heavy (non-hydrogen) atoms. The Morgan fingerprint density at radius 2 is 2.07 bits per heavy atom. The molecule has 1 heterocycles.